The first-order chi connectivity index (χ1) is 29.9. The van der Waals surface area contributed by atoms with Crippen LogP contribution in [0.4, 0.5) is 0 Å². The van der Waals surface area contributed by atoms with Crippen molar-refractivity contribution in [1.82, 2.24) is 5.32 Å². The number of aliphatic hydroxyl groups is 5. The van der Waals surface area contributed by atoms with Gasteiger partial charge in [-0.3, -0.25) is 9.35 Å². The molecule has 8 atom stereocenters. The number of hydrogen-bond donors (Lipinski definition) is 7. The van der Waals surface area contributed by atoms with E-state index in [0.717, 1.165) is 38.5 Å². The Hall–Kier alpha value is -1.20. The molecular formula is C48H93NO12S. The van der Waals surface area contributed by atoms with E-state index < -0.39 is 78.5 Å². The van der Waals surface area contributed by atoms with Gasteiger partial charge in [-0.25, -0.2) is 4.18 Å². The molecule has 8 unspecified atom stereocenters. The van der Waals surface area contributed by atoms with E-state index in [-0.39, 0.29) is 6.42 Å². The molecule has 14 heteroatoms. The van der Waals surface area contributed by atoms with Crippen LogP contribution < -0.4 is 5.32 Å². The van der Waals surface area contributed by atoms with Crippen LogP contribution in [-0.4, -0.2) is 107 Å². The second kappa shape index (κ2) is 39.0. The van der Waals surface area contributed by atoms with Crippen molar-refractivity contribution in [3.63, 3.8) is 0 Å². The molecule has 1 amide bonds. The van der Waals surface area contributed by atoms with Gasteiger partial charge >= 0.3 is 10.4 Å². The van der Waals surface area contributed by atoms with E-state index in [4.69, 9.17) is 9.47 Å². The highest BCUT2D eigenvalue weighted by Gasteiger charge is 2.48. The monoisotopic (exact) mass is 908 g/mol. The lowest BCUT2D eigenvalue weighted by Gasteiger charge is -2.41. The number of allylic oxidation sites excluding steroid dienone is 1. The zero-order valence-electron chi connectivity index (χ0n) is 39.1. The molecule has 0 saturated carbocycles. The molecule has 368 valence electrons. The van der Waals surface area contributed by atoms with Gasteiger partial charge in [-0.15, -0.1) is 0 Å². The minimum absolute atomic E-state index is 0.248. The van der Waals surface area contributed by atoms with Crippen molar-refractivity contribution in [2.24, 2.45) is 0 Å². The van der Waals surface area contributed by atoms with Crippen molar-refractivity contribution in [3.05, 3.63) is 12.2 Å². The third-order valence-electron chi connectivity index (χ3n) is 12.2. The van der Waals surface area contributed by atoms with E-state index in [2.05, 4.69) is 23.3 Å². The molecule has 1 aliphatic rings. The topological polar surface area (TPSA) is 212 Å². The van der Waals surface area contributed by atoms with Crippen molar-refractivity contribution in [3.8, 4) is 0 Å². The smallest absolute Gasteiger partial charge is 0.394 e. The molecular weight excluding hydrogens is 815 g/mol. The van der Waals surface area contributed by atoms with E-state index in [9.17, 15) is 43.3 Å². The highest BCUT2D eigenvalue weighted by molar-refractivity contribution is 7.80. The number of hydrogen-bond acceptors (Lipinski definition) is 11. The maximum atomic E-state index is 13.1. The van der Waals surface area contributed by atoms with Gasteiger partial charge in [-0.2, -0.15) is 8.42 Å². The zero-order valence-corrected chi connectivity index (χ0v) is 39.9. The lowest BCUT2D eigenvalue weighted by Crippen LogP contribution is -2.61. The second-order valence-electron chi connectivity index (χ2n) is 17.9. The summed E-state index contributed by atoms with van der Waals surface area (Å²) in [7, 11) is -5.12. The molecule has 13 nitrogen and oxygen atoms in total. The highest BCUT2D eigenvalue weighted by atomic mass is 32.3. The minimum Gasteiger partial charge on any atom is -0.394 e. The quantitative estimate of drug-likeness (QED) is 0.0173. The average molecular weight is 908 g/mol. The normalized spacial score (nSPS) is 21.1. The van der Waals surface area contributed by atoms with Gasteiger partial charge < -0.3 is 40.3 Å². The molecule has 62 heavy (non-hydrogen) atoms. The summed E-state index contributed by atoms with van der Waals surface area (Å²) in [6, 6.07) is -1.11. The number of aliphatic hydroxyl groups excluding tert-OH is 5. The number of carbonyl (C=O) groups excluding carboxylic acids is 1. The van der Waals surface area contributed by atoms with Crippen LogP contribution >= 0.6 is 0 Å². The maximum Gasteiger partial charge on any atom is 0.397 e. The van der Waals surface area contributed by atoms with Crippen molar-refractivity contribution in [2.45, 2.75) is 275 Å². The van der Waals surface area contributed by atoms with Crippen LogP contribution in [0, 0.1) is 0 Å². The Balaban J connectivity index is 2.54. The van der Waals surface area contributed by atoms with Crippen LogP contribution in [0.15, 0.2) is 12.2 Å². The number of nitrogens with one attached hydrogen (secondary N) is 1. The van der Waals surface area contributed by atoms with Crippen LogP contribution in [0.25, 0.3) is 0 Å². The van der Waals surface area contributed by atoms with E-state index in [1.165, 1.54) is 154 Å². The van der Waals surface area contributed by atoms with Gasteiger partial charge in [0.1, 0.15) is 30.5 Å². The van der Waals surface area contributed by atoms with Gasteiger partial charge in [0.05, 0.1) is 25.4 Å². The Morgan fingerprint density at radius 3 is 1.45 bits per heavy atom. The molecule has 1 heterocycles. The third-order valence-corrected chi connectivity index (χ3v) is 12.6. The summed E-state index contributed by atoms with van der Waals surface area (Å²) < 4.78 is 47.6. The first-order valence-corrected chi connectivity index (χ1v) is 26.5. The van der Waals surface area contributed by atoms with Gasteiger partial charge in [0.2, 0.25) is 5.91 Å². The number of ether oxygens (including phenoxy) is 2. The Morgan fingerprint density at radius 2 is 1.05 bits per heavy atom. The minimum atomic E-state index is -5.12. The van der Waals surface area contributed by atoms with E-state index >= 15 is 0 Å². The summed E-state index contributed by atoms with van der Waals surface area (Å²) in [6.07, 6.45) is 31.4. The van der Waals surface area contributed by atoms with E-state index in [1.807, 2.05) is 6.08 Å². The van der Waals surface area contributed by atoms with Gasteiger partial charge in [-0.05, 0) is 19.3 Å². The van der Waals surface area contributed by atoms with Crippen LogP contribution in [0.2, 0.25) is 0 Å². The van der Waals surface area contributed by atoms with Gasteiger partial charge in [0.25, 0.3) is 0 Å². The van der Waals surface area contributed by atoms with Crippen LogP contribution in [0.5, 0.6) is 0 Å². The zero-order chi connectivity index (χ0) is 45.7. The fourth-order valence-corrected chi connectivity index (χ4v) is 8.68. The fraction of sp³-hybridized carbons (Fsp3) is 0.938. The van der Waals surface area contributed by atoms with Gasteiger partial charge in [0, 0.05) is 0 Å². The largest absolute Gasteiger partial charge is 0.397 e. The lowest BCUT2D eigenvalue weighted by molar-refractivity contribution is -0.298. The number of amides is 1. The molecule has 1 rings (SSSR count). The molecule has 1 fully saturated rings. The van der Waals surface area contributed by atoms with Gasteiger partial charge in [-0.1, -0.05) is 219 Å². The molecule has 1 aliphatic heterocycles. The van der Waals surface area contributed by atoms with E-state index in [1.54, 1.807) is 6.08 Å². The summed E-state index contributed by atoms with van der Waals surface area (Å²) in [6.45, 7) is 3.24. The third kappa shape index (κ3) is 30.8. The van der Waals surface area contributed by atoms with Crippen molar-refractivity contribution >= 4 is 16.3 Å². The van der Waals surface area contributed by atoms with E-state index in [0.29, 0.717) is 12.8 Å². The predicted molar refractivity (Wildman–Crippen MR) is 247 cm³/mol. The molecule has 0 aromatic carbocycles. The maximum absolute atomic E-state index is 13.1. The Bertz CT molecular complexity index is 1180. The first kappa shape index (κ1) is 58.8. The molecule has 0 bridgehead atoms. The SMILES string of the molecule is CCCCCCCCCCCCCCCCC/C=C/C(O)C(COC1OC(CO)C(O)C(OS(=O)(=O)O)C1O)NC(=O)C(O)CCCCCCCCCCCCCCCCCC. The summed E-state index contributed by atoms with van der Waals surface area (Å²) in [5.41, 5.74) is 0. The summed E-state index contributed by atoms with van der Waals surface area (Å²) in [5.74, 6) is -0.698. The lowest BCUT2D eigenvalue weighted by atomic mass is 9.99. The summed E-state index contributed by atoms with van der Waals surface area (Å²) >= 11 is 0. The van der Waals surface area contributed by atoms with Crippen LogP contribution in [0.3, 0.4) is 0 Å². The number of unbranched alkanes of at least 4 members (excludes halogenated alkanes) is 30. The van der Waals surface area contributed by atoms with Crippen LogP contribution in [0.1, 0.15) is 226 Å². The molecule has 7 N–H and O–H groups in total. The Labute approximate surface area is 377 Å². The molecule has 0 radical (unpaired) electrons. The predicted octanol–water partition coefficient (Wildman–Crippen LogP) is 9.31. The molecule has 0 aromatic heterocycles. The molecule has 0 spiro atoms. The molecule has 1 saturated heterocycles. The molecule has 0 aromatic rings. The number of carbonyl (C=O) groups is 1. The Morgan fingerprint density at radius 1 is 0.645 bits per heavy atom. The Kier molecular flexibility index (Phi) is 37.0. The fourth-order valence-electron chi connectivity index (χ4n) is 8.17. The second-order valence-corrected chi connectivity index (χ2v) is 19.0. The van der Waals surface area contributed by atoms with Crippen molar-refractivity contribution in [1.29, 1.82) is 0 Å². The average Bonchev–Trinajstić information content (AvgIpc) is 3.24. The van der Waals surface area contributed by atoms with Gasteiger partial charge in [0.15, 0.2) is 6.29 Å². The first-order valence-electron chi connectivity index (χ1n) is 25.2. The number of rotatable bonds is 43. The van der Waals surface area contributed by atoms with Crippen molar-refractivity contribution < 1.29 is 57.0 Å². The highest BCUT2D eigenvalue weighted by Crippen LogP contribution is 2.26. The summed E-state index contributed by atoms with van der Waals surface area (Å²) in [4.78, 5) is 13.1. The van der Waals surface area contributed by atoms with Crippen LogP contribution in [-0.2, 0) is 28.9 Å². The van der Waals surface area contributed by atoms with Crippen molar-refractivity contribution in [2.75, 3.05) is 13.2 Å². The summed E-state index contributed by atoms with van der Waals surface area (Å²) in [5, 5.41) is 55.3. The standard InChI is InChI=1S/C48H93NO12S/c1-3-5-7-9-11-13-15-17-19-21-23-24-26-28-30-32-34-36-41(51)40(39-59-48-45(54)46(61-62(56,57)58)44(53)43(38-50)60-48)49-47(55)42(52)37-35-33-31-29-27-25-22-20-18-16-14-12-10-8-6-4-2/h34,36,40-46,48,50-54H,3-33,35,37-39H2,1-2H3,(H,49,55)(H,56,57,58)/b36-34+. The molecule has 0 aliphatic carbocycles.